The molecule has 0 aliphatic carbocycles. The van der Waals surface area contributed by atoms with E-state index in [9.17, 15) is 14.9 Å². The fourth-order valence-electron chi connectivity index (χ4n) is 2.49. The average Bonchev–Trinajstić information content (AvgIpc) is 2.74. The maximum absolute atomic E-state index is 12.5. The summed E-state index contributed by atoms with van der Waals surface area (Å²) in [5, 5.41) is 14.8. The number of benzene rings is 3. The lowest BCUT2D eigenvalue weighted by atomic mass is 10.2. The summed E-state index contributed by atoms with van der Waals surface area (Å²) in [4.78, 5) is 22.8. The number of nitro groups is 1. The highest BCUT2D eigenvalue weighted by Crippen LogP contribution is 2.24. The van der Waals surface area contributed by atoms with Crippen LogP contribution in [0.2, 0.25) is 5.02 Å². The minimum absolute atomic E-state index is 0.0284. The van der Waals surface area contributed by atoms with Gasteiger partial charge in [-0.15, -0.1) is 0 Å². The Hall–Kier alpha value is -3.71. The second-order valence-corrected chi connectivity index (χ2v) is 6.34. The molecular formula is C21H16ClN3O4. The number of ether oxygens (including phenoxy) is 1. The van der Waals surface area contributed by atoms with Gasteiger partial charge in [0.1, 0.15) is 17.4 Å². The van der Waals surface area contributed by atoms with E-state index in [1.165, 1.54) is 18.3 Å². The van der Waals surface area contributed by atoms with Gasteiger partial charge >= 0.3 is 0 Å². The normalized spacial score (nSPS) is 10.7. The van der Waals surface area contributed by atoms with Crippen molar-refractivity contribution in [3.63, 3.8) is 0 Å². The number of carbonyl (C=O) groups is 1. The molecule has 0 atom stereocenters. The molecule has 0 heterocycles. The van der Waals surface area contributed by atoms with Crippen LogP contribution in [-0.4, -0.2) is 17.0 Å². The Morgan fingerprint density at radius 1 is 1.10 bits per heavy atom. The summed E-state index contributed by atoms with van der Waals surface area (Å²) in [6.07, 6.45) is 1.30. The van der Waals surface area contributed by atoms with E-state index in [0.717, 1.165) is 5.56 Å². The van der Waals surface area contributed by atoms with Crippen LogP contribution >= 0.6 is 11.6 Å². The lowest BCUT2D eigenvalue weighted by Gasteiger charge is -2.10. The third-order valence-electron chi connectivity index (χ3n) is 3.92. The predicted octanol–water partition coefficient (Wildman–Crippen LogP) is 4.59. The van der Waals surface area contributed by atoms with Crippen molar-refractivity contribution in [2.75, 3.05) is 0 Å². The van der Waals surface area contributed by atoms with E-state index in [4.69, 9.17) is 16.3 Å². The van der Waals surface area contributed by atoms with Crippen LogP contribution in [0.25, 0.3) is 0 Å². The third-order valence-corrected chi connectivity index (χ3v) is 4.24. The molecule has 0 unspecified atom stereocenters. The smallest absolute Gasteiger partial charge is 0.288 e. The first-order valence-corrected chi connectivity index (χ1v) is 8.95. The van der Waals surface area contributed by atoms with E-state index >= 15 is 0 Å². The molecule has 1 amide bonds. The fraction of sp³-hybridized carbons (Fsp3) is 0.0476. The number of hydrogen-bond donors (Lipinski definition) is 1. The van der Waals surface area contributed by atoms with Gasteiger partial charge in [-0.1, -0.05) is 60.1 Å². The summed E-state index contributed by atoms with van der Waals surface area (Å²) < 4.78 is 5.76. The molecule has 29 heavy (non-hydrogen) atoms. The number of para-hydroxylation sites is 1. The molecule has 0 aliphatic rings. The van der Waals surface area contributed by atoms with E-state index in [-0.39, 0.29) is 10.7 Å². The summed E-state index contributed by atoms with van der Waals surface area (Å²) in [5.74, 6) is -0.0421. The molecule has 0 radical (unpaired) electrons. The number of nitrogens with one attached hydrogen (secondary N) is 1. The Bertz CT molecular complexity index is 1050. The lowest BCUT2D eigenvalue weighted by molar-refractivity contribution is -0.384. The highest BCUT2D eigenvalue weighted by atomic mass is 35.5. The van der Waals surface area contributed by atoms with Crippen molar-refractivity contribution < 1.29 is 14.5 Å². The molecule has 146 valence electrons. The summed E-state index contributed by atoms with van der Waals surface area (Å²) in [6.45, 7) is 0.322. The van der Waals surface area contributed by atoms with Gasteiger partial charge in [-0.05, 0) is 23.8 Å². The van der Waals surface area contributed by atoms with Crippen molar-refractivity contribution in [3.8, 4) is 5.75 Å². The summed E-state index contributed by atoms with van der Waals surface area (Å²) >= 11 is 5.78. The molecule has 0 fully saturated rings. The average molecular weight is 410 g/mol. The maximum Gasteiger partial charge on any atom is 0.288 e. The molecule has 3 aromatic rings. The predicted molar refractivity (Wildman–Crippen MR) is 110 cm³/mol. The van der Waals surface area contributed by atoms with E-state index in [1.54, 1.807) is 30.3 Å². The molecule has 1 N–H and O–H groups in total. The van der Waals surface area contributed by atoms with E-state index in [1.807, 2.05) is 30.3 Å². The maximum atomic E-state index is 12.5. The van der Waals surface area contributed by atoms with Crippen LogP contribution < -0.4 is 10.2 Å². The first-order valence-electron chi connectivity index (χ1n) is 8.57. The Morgan fingerprint density at radius 3 is 2.59 bits per heavy atom. The van der Waals surface area contributed by atoms with Gasteiger partial charge in [0.25, 0.3) is 11.6 Å². The summed E-state index contributed by atoms with van der Waals surface area (Å²) in [6, 6.07) is 20.6. The van der Waals surface area contributed by atoms with Crippen molar-refractivity contribution >= 4 is 29.4 Å². The zero-order valence-electron chi connectivity index (χ0n) is 15.1. The van der Waals surface area contributed by atoms with Gasteiger partial charge in [-0.2, -0.15) is 5.10 Å². The summed E-state index contributed by atoms with van der Waals surface area (Å²) in [5.41, 5.74) is 3.89. The quantitative estimate of drug-likeness (QED) is 0.351. The number of nitro benzene ring substituents is 1. The largest absolute Gasteiger partial charge is 0.488 e. The molecule has 0 saturated carbocycles. The van der Waals surface area contributed by atoms with Crippen LogP contribution in [-0.2, 0) is 6.61 Å². The number of halogens is 1. The van der Waals surface area contributed by atoms with Gasteiger partial charge in [-0.25, -0.2) is 5.43 Å². The zero-order valence-corrected chi connectivity index (χ0v) is 15.9. The van der Waals surface area contributed by atoms with Crippen molar-refractivity contribution in [1.82, 2.24) is 5.43 Å². The molecule has 8 heteroatoms. The topological polar surface area (TPSA) is 93.8 Å². The monoisotopic (exact) mass is 409 g/mol. The molecule has 0 aromatic heterocycles. The minimum Gasteiger partial charge on any atom is -0.488 e. The Morgan fingerprint density at radius 2 is 1.83 bits per heavy atom. The van der Waals surface area contributed by atoms with Crippen LogP contribution in [0, 0.1) is 10.1 Å². The van der Waals surface area contributed by atoms with Gasteiger partial charge in [0.05, 0.1) is 16.7 Å². The van der Waals surface area contributed by atoms with Crippen LogP contribution in [0.4, 0.5) is 5.69 Å². The Labute approximate surface area is 171 Å². The fourth-order valence-corrected chi connectivity index (χ4v) is 2.68. The van der Waals surface area contributed by atoms with E-state index in [0.29, 0.717) is 23.5 Å². The Kier molecular flexibility index (Phi) is 6.55. The minimum atomic E-state index is -0.585. The lowest BCUT2D eigenvalue weighted by Crippen LogP contribution is -2.18. The van der Waals surface area contributed by atoms with Crippen molar-refractivity contribution in [2.24, 2.45) is 5.10 Å². The molecule has 3 aromatic carbocycles. The second-order valence-electron chi connectivity index (χ2n) is 5.94. The number of hydrogen-bond acceptors (Lipinski definition) is 5. The Balaban J connectivity index is 1.67. The van der Waals surface area contributed by atoms with Gasteiger partial charge in [0, 0.05) is 11.6 Å². The van der Waals surface area contributed by atoms with Gasteiger partial charge in [0.15, 0.2) is 0 Å². The summed E-state index contributed by atoms with van der Waals surface area (Å²) in [7, 11) is 0. The van der Waals surface area contributed by atoms with Crippen LogP contribution in [0.3, 0.4) is 0 Å². The van der Waals surface area contributed by atoms with Crippen molar-refractivity contribution in [3.05, 3.63) is 105 Å². The second kappa shape index (κ2) is 9.48. The molecule has 7 nitrogen and oxygen atoms in total. The number of amides is 1. The number of nitrogens with zero attached hydrogens (tertiary/aromatic N) is 2. The third kappa shape index (κ3) is 5.40. The molecule has 0 saturated heterocycles. The van der Waals surface area contributed by atoms with Crippen LogP contribution in [0.1, 0.15) is 21.5 Å². The SMILES string of the molecule is O=C(N/N=C/c1ccc(Cl)c([N+](=O)[O-])c1)c1ccccc1OCc1ccccc1. The number of carbonyl (C=O) groups excluding carboxylic acids is 1. The van der Waals surface area contributed by atoms with E-state index in [2.05, 4.69) is 10.5 Å². The molecule has 0 spiro atoms. The first kappa shape index (κ1) is 20.0. The van der Waals surface area contributed by atoms with Crippen LogP contribution in [0.5, 0.6) is 5.75 Å². The standard InChI is InChI=1S/C21H16ClN3O4/c22-18-11-10-16(12-19(18)25(27)28)13-23-24-21(26)17-8-4-5-9-20(17)29-14-15-6-2-1-3-7-15/h1-13H,14H2,(H,24,26)/b23-13+. The van der Waals surface area contributed by atoms with E-state index < -0.39 is 10.8 Å². The number of hydrazone groups is 1. The highest BCUT2D eigenvalue weighted by Gasteiger charge is 2.13. The molecule has 0 bridgehead atoms. The van der Waals surface area contributed by atoms with Crippen LogP contribution in [0.15, 0.2) is 77.9 Å². The molecule has 3 rings (SSSR count). The highest BCUT2D eigenvalue weighted by molar-refractivity contribution is 6.32. The first-order chi connectivity index (χ1) is 14.0. The van der Waals surface area contributed by atoms with Crippen molar-refractivity contribution in [1.29, 1.82) is 0 Å². The molecule has 0 aliphatic heterocycles. The van der Waals surface area contributed by atoms with Crippen molar-refractivity contribution in [2.45, 2.75) is 6.61 Å². The van der Waals surface area contributed by atoms with Gasteiger partial charge in [-0.3, -0.25) is 14.9 Å². The van der Waals surface area contributed by atoms with Gasteiger partial charge < -0.3 is 4.74 Å². The van der Waals surface area contributed by atoms with Gasteiger partial charge in [0.2, 0.25) is 0 Å². The number of rotatable bonds is 7. The molecular weight excluding hydrogens is 394 g/mol. The zero-order chi connectivity index (χ0) is 20.6.